The number of benzene rings is 1. The largest absolute Gasteiger partial charge is 0.358 e. The molecule has 0 amide bonds. The molecule has 1 atom stereocenters. The molecule has 2 N–H and O–H groups in total. The van der Waals surface area contributed by atoms with Crippen molar-refractivity contribution >= 4 is 59.2 Å². The summed E-state index contributed by atoms with van der Waals surface area (Å²) in [5.41, 5.74) is 6.58. The predicted octanol–water partition coefficient (Wildman–Crippen LogP) is 8.47. The quantitative estimate of drug-likeness (QED) is 0.0921. The summed E-state index contributed by atoms with van der Waals surface area (Å²) >= 11 is 13.0. The number of amidine groups is 1. The van der Waals surface area contributed by atoms with Crippen LogP contribution in [-0.2, 0) is 0 Å². The van der Waals surface area contributed by atoms with Gasteiger partial charge >= 0.3 is 0 Å². The Hall–Kier alpha value is -4.21. The molecule has 11 heteroatoms. The summed E-state index contributed by atoms with van der Waals surface area (Å²) in [4.78, 5) is 21.7. The lowest BCUT2D eigenvalue weighted by molar-refractivity contribution is 0.408. The van der Waals surface area contributed by atoms with E-state index in [1.807, 2.05) is 48.4 Å². The van der Waals surface area contributed by atoms with Crippen LogP contribution in [0, 0.1) is 0 Å². The van der Waals surface area contributed by atoms with Gasteiger partial charge < -0.3 is 20.1 Å². The van der Waals surface area contributed by atoms with Crippen LogP contribution in [0.5, 0.6) is 0 Å². The normalized spacial score (nSPS) is 16.2. The highest BCUT2D eigenvalue weighted by molar-refractivity contribution is 6.32. The van der Waals surface area contributed by atoms with Crippen molar-refractivity contribution in [3.63, 3.8) is 0 Å². The lowest BCUT2D eigenvalue weighted by atomic mass is 10.1. The summed E-state index contributed by atoms with van der Waals surface area (Å²) < 4.78 is 0. The number of aliphatic imine (C=N–C) groups is 1. The summed E-state index contributed by atoms with van der Waals surface area (Å²) in [6, 6.07) is 9.46. The molecule has 222 valence electrons. The zero-order chi connectivity index (χ0) is 30.5. The SMILES string of the molecule is C=N/N=C\N(C)c1ccc(Cl)cc1C1=CC(=C)N2C(=N1)CCC2c1nc(Cl)c(-c2ccc(NC(=C)CCCCC)cn2)[nH]1. The number of H-pyrrole nitrogens is 1. The number of halogens is 2. The molecule has 1 unspecified atom stereocenters. The van der Waals surface area contributed by atoms with Crippen molar-refractivity contribution in [1.29, 1.82) is 0 Å². The van der Waals surface area contributed by atoms with E-state index in [0.29, 0.717) is 21.6 Å². The molecule has 2 aliphatic heterocycles. The fourth-order valence-electron chi connectivity index (χ4n) is 5.33. The number of fused-ring (bicyclic) bond motifs is 1. The van der Waals surface area contributed by atoms with Crippen molar-refractivity contribution in [2.45, 2.75) is 51.5 Å². The highest BCUT2D eigenvalue weighted by atomic mass is 35.5. The smallest absolute Gasteiger partial charge is 0.156 e. The molecule has 4 heterocycles. The van der Waals surface area contributed by atoms with Gasteiger partial charge in [0.05, 0.1) is 35.0 Å². The topological polar surface area (TPSA) is 97.2 Å². The number of nitrogens with zero attached hydrogens (tertiary/aromatic N) is 7. The van der Waals surface area contributed by atoms with Gasteiger partial charge in [-0.05, 0) is 55.7 Å². The van der Waals surface area contributed by atoms with Gasteiger partial charge in [0.2, 0.25) is 0 Å². The first-order chi connectivity index (χ1) is 20.8. The van der Waals surface area contributed by atoms with Gasteiger partial charge in [0.25, 0.3) is 0 Å². The van der Waals surface area contributed by atoms with Crippen LogP contribution < -0.4 is 10.2 Å². The van der Waals surface area contributed by atoms with Gasteiger partial charge in [-0.3, -0.25) is 4.98 Å². The number of allylic oxidation sites excluding steroid dienone is 2. The Morgan fingerprint density at radius 1 is 1.26 bits per heavy atom. The molecule has 3 aromatic rings. The zero-order valence-electron chi connectivity index (χ0n) is 24.4. The van der Waals surface area contributed by atoms with Gasteiger partial charge in [-0.15, -0.1) is 5.10 Å². The van der Waals surface area contributed by atoms with E-state index in [9.17, 15) is 0 Å². The zero-order valence-corrected chi connectivity index (χ0v) is 26.0. The number of pyridine rings is 1. The summed E-state index contributed by atoms with van der Waals surface area (Å²) in [6.45, 7) is 14.1. The monoisotopic (exact) mass is 615 g/mol. The number of aromatic amines is 1. The first-order valence-corrected chi connectivity index (χ1v) is 15.0. The van der Waals surface area contributed by atoms with Crippen LogP contribution in [0.25, 0.3) is 17.1 Å². The van der Waals surface area contributed by atoms with E-state index >= 15 is 0 Å². The molecular weight excluding hydrogens is 581 g/mol. The Labute approximate surface area is 262 Å². The average Bonchev–Trinajstić information content (AvgIpc) is 3.60. The van der Waals surface area contributed by atoms with Crippen molar-refractivity contribution in [1.82, 2.24) is 19.9 Å². The minimum atomic E-state index is -0.0880. The summed E-state index contributed by atoms with van der Waals surface area (Å²) in [6.07, 6.45) is 11.3. The maximum absolute atomic E-state index is 6.63. The maximum atomic E-state index is 6.63. The standard InChI is InChI=1S/C32H35Cl2N9/c1-6-7-8-9-20(2)38-23-11-12-25(36-18-23)30-31(34)41-32(40-30)28-14-15-29-39-26(16-21(3)43(28)29)24-17-22(33)10-13-27(24)42(5)19-37-35-4/h10-13,16-19,28,38H,2-4,6-9,14-15H2,1,5H3,(H,40,41)/b37-19-. The molecular formula is C32H35Cl2N9. The molecule has 1 fully saturated rings. The number of anilines is 2. The molecule has 5 rings (SSSR count). The predicted molar refractivity (Wildman–Crippen MR) is 180 cm³/mol. The number of nitrogens with one attached hydrogen (secondary N) is 2. The van der Waals surface area contributed by atoms with Gasteiger partial charge in [-0.25, -0.2) is 9.98 Å². The van der Waals surface area contributed by atoms with Crippen molar-refractivity contribution < 1.29 is 0 Å². The highest BCUT2D eigenvalue weighted by Crippen LogP contribution is 2.42. The second kappa shape index (κ2) is 13.4. The molecule has 1 aromatic carbocycles. The molecule has 0 radical (unpaired) electrons. The van der Waals surface area contributed by atoms with Gasteiger partial charge in [-0.1, -0.05) is 56.1 Å². The lowest BCUT2D eigenvalue weighted by Gasteiger charge is -2.30. The van der Waals surface area contributed by atoms with Crippen LogP contribution in [0.4, 0.5) is 11.4 Å². The van der Waals surface area contributed by atoms with Gasteiger partial charge in [-0.2, -0.15) is 5.10 Å². The number of rotatable bonds is 12. The van der Waals surface area contributed by atoms with Crippen LogP contribution in [-0.4, -0.2) is 45.8 Å². The van der Waals surface area contributed by atoms with Crippen LogP contribution in [0.3, 0.4) is 0 Å². The molecule has 0 spiro atoms. The van der Waals surface area contributed by atoms with Gasteiger partial charge in [0, 0.05) is 42.2 Å². The summed E-state index contributed by atoms with van der Waals surface area (Å²) in [5, 5.41) is 11.8. The molecule has 9 nitrogen and oxygen atoms in total. The van der Waals surface area contributed by atoms with E-state index in [1.54, 1.807) is 12.5 Å². The summed E-state index contributed by atoms with van der Waals surface area (Å²) in [7, 11) is 1.88. The number of imidazole rings is 1. The molecule has 2 aliphatic rings. The van der Waals surface area contributed by atoms with Gasteiger partial charge in [0.15, 0.2) is 5.15 Å². The Kier molecular flexibility index (Phi) is 9.43. The minimum Gasteiger partial charge on any atom is -0.358 e. The van der Waals surface area contributed by atoms with E-state index < -0.39 is 0 Å². The Balaban J connectivity index is 1.34. The molecule has 0 bridgehead atoms. The second-order valence-electron chi connectivity index (χ2n) is 10.5. The van der Waals surface area contributed by atoms with E-state index in [0.717, 1.165) is 71.4 Å². The second-order valence-corrected chi connectivity index (χ2v) is 11.3. The third-order valence-electron chi connectivity index (χ3n) is 7.43. The van der Waals surface area contributed by atoms with E-state index in [1.165, 1.54) is 12.8 Å². The number of hydrogen-bond donors (Lipinski definition) is 2. The van der Waals surface area contributed by atoms with Crippen molar-refractivity contribution in [2.75, 3.05) is 17.3 Å². The molecule has 2 aromatic heterocycles. The Bertz CT molecular complexity index is 1620. The van der Waals surface area contributed by atoms with Crippen LogP contribution in [0.15, 0.2) is 82.4 Å². The first-order valence-electron chi connectivity index (χ1n) is 14.2. The van der Waals surface area contributed by atoms with Crippen molar-refractivity contribution in [2.24, 2.45) is 15.2 Å². The summed E-state index contributed by atoms with van der Waals surface area (Å²) in [5.74, 6) is 1.65. The number of aromatic nitrogens is 3. The fourth-order valence-corrected chi connectivity index (χ4v) is 5.74. The van der Waals surface area contributed by atoms with Crippen LogP contribution >= 0.6 is 23.2 Å². The van der Waals surface area contributed by atoms with E-state index in [2.05, 4.69) is 57.2 Å². The Morgan fingerprint density at radius 2 is 2.09 bits per heavy atom. The maximum Gasteiger partial charge on any atom is 0.156 e. The van der Waals surface area contributed by atoms with Crippen LogP contribution in [0.1, 0.15) is 62.9 Å². The van der Waals surface area contributed by atoms with Gasteiger partial charge in [0.1, 0.15) is 23.7 Å². The number of hydrogen-bond acceptors (Lipinski definition) is 7. The minimum absolute atomic E-state index is 0.0880. The third-order valence-corrected chi connectivity index (χ3v) is 7.94. The molecule has 0 saturated carbocycles. The van der Waals surface area contributed by atoms with Crippen molar-refractivity contribution in [3.05, 3.63) is 88.7 Å². The van der Waals surface area contributed by atoms with E-state index in [4.69, 9.17) is 33.2 Å². The third kappa shape index (κ3) is 6.73. The molecule has 1 saturated heterocycles. The Morgan fingerprint density at radius 3 is 2.84 bits per heavy atom. The average molecular weight is 617 g/mol. The molecule has 43 heavy (non-hydrogen) atoms. The molecule has 0 aliphatic carbocycles. The first kappa shape index (κ1) is 30.3. The highest BCUT2D eigenvalue weighted by Gasteiger charge is 2.37. The lowest BCUT2D eigenvalue weighted by Crippen LogP contribution is -2.29. The van der Waals surface area contributed by atoms with Crippen LogP contribution in [0.2, 0.25) is 10.2 Å². The van der Waals surface area contributed by atoms with Crippen molar-refractivity contribution in [3.8, 4) is 11.4 Å². The number of unbranched alkanes of at least 4 members (excludes halogenated alkanes) is 2. The van der Waals surface area contributed by atoms with E-state index in [-0.39, 0.29) is 6.04 Å². The fraction of sp³-hybridized carbons (Fsp3) is 0.281.